The van der Waals surface area contributed by atoms with Crippen molar-refractivity contribution >= 4 is 11.9 Å². The van der Waals surface area contributed by atoms with E-state index in [4.69, 9.17) is 23.7 Å². The van der Waals surface area contributed by atoms with Gasteiger partial charge in [-0.1, -0.05) is 6.42 Å². The van der Waals surface area contributed by atoms with Crippen LogP contribution in [-0.4, -0.2) is 45.2 Å². The van der Waals surface area contributed by atoms with Crippen LogP contribution in [0.5, 0.6) is 11.5 Å². The van der Waals surface area contributed by atoms with Gasteiger partial charge in [0.25, 0.3) is 0 Å². The third kappa shape index (κ3) is 8.97. The zero-order valence-corrected chi connectivity index (χ0v) is 19.8. The van der Waals surface area contributed by atoms with Crippen molar-refractivity contribution < 1.29 is 33.3 Å². The van der Waals surface area contributed by atoms with Crippen LogP contribution in [0.25, 0.3) is 0 Å². The maximum atomic E-state index is 12.4. The summed E-state index contributed by atoms with van der Waals surface area (Å²) in [5.41, 5.74) is 0. The summed E-state index contributed by atoms with van der Waals surface area (Å²) in [5.74, 6) is 0.611. The minimum absolute atomic E-state index is 0.00548. The van der Waals surface area contributed by atoms with Gasteiger partial charge in [0, 0.05) is 13.2 Å². The smallest absolute Gasteiger partial charge is 0.314 e. The number of carbonyl (C=O) groups excluding carboxylic acids is 2. The summed E-state index contributed by atoms with van der Waals surface area (Å²) in [4.78, 5) is 24.0. The number of ether oxygens (including phenoxy) is 5. The predicted molar refractivity (Wildman–Crippen MR) is 123 cm³/mol. The summed E-state index contributed by atoms with van der Waals surface area (Å²) in [6.07, 6.45) is 10.3. The van der Waals surface area contributed by atoms with E-state index in [2.05, 4.69) is 0 Å². The van der Waals surface area contributed by atoms with E-state index in [9.17, 15) is 9.59 Å². The Morgan fingerprint density at radius 1 is 0.818 bits per heavy atom. The normalized spacial score (nSPS) is 23.0. The highest BCUT2D eigenvalue weighted by Gasteiger charge is 2.31. The molecule has 3 rings (SSSR count). The van der Waals surface area contributed by atoms with Gasteiger partial charge in [0.15, 0.2) is 6.29 Å². The topological polar surface area (TPSA) is 80.3 Å². The van der Waals surface area contributed by atoms with Crippen molar-refractivity contribution in [3.63, 3.8) is 0 Å². The predicted octanol–water partition coefficient (Wildman–Crippen LogP) is 5.05. The van der Waals surface area contributed by atoms with Gasteiger partial charge in [-0.05, 0) is 88.5 Å². The molecule has 1 aliphatic heterocycles. The number of esters is 2. The number of unbranched alkanes of at least 4 members (excludes halogenated alkanes) is 3. The second kappa shape index (κ2) is 14.2. The molecule has 7 heteroatoms. The quantitative estimate of drug-likeness (QED) is 0.244. The van der Waals surface area contributed by atoms with Crippen LogP contribution in [0.1, 0.15) is 70.6 Å². The summed E-state index contributed by atoms with van der Waals surface area (Å²) in [7, 11) is 1.40. The Morgan fingerprint density at radius 2 is 1.45 bits per heavy atom. The van der Waals surface area contributed by atoms with E-state index < -0.39 is 0 Å². The van der Waals surface area contributed by atoms with Crippen LogP contribution in [0.4, 0.5) is 0 Å². The standard InChI is InChI=1S/C26H38O7/c1-29-25(27)20-9-11-21(12-10-20)26(28)33-23-15-13-22(14-16-23)30-17-5-2-3-6-18-31-24-8-4-7-19-32-24/h13-16,20-21,24H,2-12,17-19H2,1H3. The molecule has 184 valence electrons. The van der Waals surface area contributed by atoms with Crippen molar-refractivity contribution in [3.8, 4) is 11.5 Å². The molecule has 1 heterocycles. The lowest BCUT2D eigenvalue weighted by molar-refractivity contribution is -0.162. The van der Waals surface area contributed by atoms with E-state index in [0.29, 0.717) is 38.0 Å². The molecule has 7 nitrogen and oxygen atoms in total. The fourth-order valence-electron chi connectivity index (χ4n) is 4.34. The number of hydrogen-bond acceptors (Lipinski definition) is 7. The molecule has 1 saturated heterocycles. The molecule has 0 spiro atoms. The Kier molecular flexibility index (Phi) is 11.0. The summed E-state index contributed by atoms with van der Waals surface area (Å²) in [5, 5.41) is 0. The molecule has 2 aliphatic rings. The van der Waals surface area contributed by atoms with Crippen molar-refractivity contribution in [1.82, 2.24) is 0 Å². The Hall–Kier alpha value is -2.12. The van der Waals surface area contributed by atoms with Gasteiger partial charge in [0.05, 0.1) is 25.6 Å². The van der Waals surface area contributed by atoms with E-state index in [1.54, 1.807) is 12.1 Å². The first-order valence-corrected chi connectivity index (χ1v) is 12.4. The monoisotopic (exact) mass is 462 g/mol. The molecule has 33 heavy (non-hydrogen) atoms. The van der Waals surface area contributed by atoms with Crippen LogP contribution in [-0.2, 0) is 23.8 Å². The van der Waals surface area contributed by atoms with E-state index in [1.165, 1.54) is 13.5 Å². The molecule has 0 bridgehead atoms. The van der Waals surface area contributed by atoms with E-state index in [1.807, 2.05) is 12.1 Å². The average Bonchev–Trinajstić information content (AvgIpc) is 2.86. The number of rotatable bonds is 12. The highest BCUT2D eigenvalue weighted by Crippen LogP contribution is 2.31. The maximum Gasteiger partial charge on any atom is 0.314 e. The first-order valence-electron chi connectivity index (χ1n) is 12.4. The number of hydrogen-bond donors (Lipinski definition) is 0. The molecule has 0 aromatic heterocycles. The third-order valence-corrected chi connectivity index (χ3v) is 6.39. The van der Waals surface area contributed by atoms with Gasteiger partial charge in [-0.3, -0.25) is 9.59 Å². The van der Waals surface area contributed by atoms with Gasteiger partial charge < -0.3 is 23.7 Å². The third-order valence-electron chi connectivity index (χ3n) is 6.39. The van der Waals surface area contributed by atoms with Crippen LogP contribution >= 0.6 is 0 Å². The summed E-state index contributed by atoms with van der Waals surface area (Å²) >= 11 is 0. The molecule has 1 aromatic carbocycles. The van der Waals surface area contributed by atoms with Crippen molar-refractivity contribution in [3.05, 3.63) is 24.3 Å². The first-order chi connectivity index (χ1) is 16.2. The summed E-state index contributed by atoms with van der Waals surface area (Å²) in [6, 6.07) is 7.18. The zero-order valence-electron chi connectivity index (χ0n) is 19.8. The minimum Gasteiger partial charge on any atom is -0.494 e. The summed E-state index contributed by atoms with van der Waals surface area (Å²) in [6.45, 7) is 2.25. The molecule has 1 saturated carbocycles. The van der Waals surface area contributed by atoms with Gasteiger partial charge in [-0.25, -0.2) is 0 Å². The van der Waals surface area contributed by atoms with Crippen LogP contribution in [0, 0.1) is 11.8 Å². The largest absolute Gasteiger partial charge is 0.494 e. The Morgan fingerprint density at radius 3 is 2.09 bits per heavy atom. The molecular weight excluding hydrogens is 424 g/mol. The highest BCUT2D eigenvalue weighted by molar-refractivity contribution is 5.76. The molecule has 1 aromatic rings. The maximum absolute atomic E-state index is 12.4. The van der Waals surface area contributed by atoms with Gasteiger partial charge >= 0.3 is 11.9 Å². The molecular formula is C26H38O7. The fraction of sp³-hybridized carbons (Fsp3) is 0.692. The highest BCUT2D eigenvalue weighted by atomic mass is 16.7. The van der Waals surface area contributed by atoms with E-state index in [0.717, 1.165) is 57.5 Å². The van der Waals surface area contributed by atoms with Gasteiger partial charge in [0.2, 0.25) is 0 Å². The fourth-order valence-corrected chi connectivity index (χ4v) is 4.34. The van der Waals surface area contributed by atoms with E-state index in [-0.39, 0.29) is 30.1 Å². The van der Waals surface area contributed by atoms with Gasteiger partial charge in [-0.15, -0.1) is 0 Å². The van der Waals surface area contributed by atoms with Crippen LogP contribution in [0.3, 0.4) is 0 Å². The molecule has 0 N–H and O–H groups in total. The van der Waals surface area contributed by atoms with Gasteiger partial charge in [0.1, 0.15) is 11.5 Å². The SMILES string of the molecule is COC(=O)C1CCC(C(=O)Oc2ccc(OCCCCCCOC3CCCCO3)cc2)CC1. The van der Waals surface area contributed by atoms with E-state index >= 15 is 0 Å². The minimum atomic E-state index is -0.231. The lowest BCUT2D eigenvalue weighted by atomic mass is 9.82. The molecule has 1 atom stereocenters. The summed E-state index contributed by atoms with van der Waals surface area (Å²) < 4.78 is 27.4. The number of benzene rings is 1. The number of carbonyl (C=O) groups is 2. The Balaban J connectivity index is 1.23. The van der Waals surface area contributed by atoms with Crippen LogP contribution in [0.15, 0.2) is 24.3 Å². The van der Waals surface area contributed by atoms with Crippen LogP contribution in [0.2, 0.25) is 0 Å². The second-order valence-corrected chi connectivity index (χ2v) is 8.89. The second-order valence-electron chi connectivity index (χ2n) is 8.89. The van der Waals surface area contributed by atoms with Crippen molar-refractivity contribution in [2.75, 3.05) is 26.9 Å². The molecule has 2 fully saturated rings. The Bertz CT molecular complexity index is 704. The lowest BCUT2D eigenvalue weighted by Gasteiger charge is -2.25. The molecule has 0 radical (unpaired) electrons. The molecule has 0 amide bonds. The first kappa shape index (κ1) is 25.5. The van der Waals surface area contributed by atoms with Gasteiger partial charge in [-0.2, -0.15) is 0 Å². The van der Waals surface area contributed by atoms with Crippen molar-refractivity contribution in [2.45, 2.75) is 76.9 Å². The van der Waals surface area contributed by atoms with Crippen molar-refractivity contribution in [1.29, 1.82) is 0 Å². The molecule has 1 aliphatic carbocycles. The number of methoxy groups -OCH3 is 1. The zero-order chi connectivity index (χ0) is 23.3. The molecule has 1 unspecified atom stereocenters. The van der Waals surface area contributed by atoms with Crippen LogP contribution < -0.4 is 9.47 Å². The van der Waals surface area contributed by atoms with Crippen molar-refractivity contribution in [2.24, 2.45) is 11.8 Å². The lowest BCUT2D eigenvalue weighted by Crippen LogP contribution is -2.29. The Labute approximate surface area is 197 Å². The average molecular weight is 463 g/mol.